The normalized spacial score (nSPS) is 15.0. The Bertz CT molecular complexity index is 462. The van der Waals surface area contributed by atoms with Crippen molar-refractivity contribution in [3.63, 3.8) is 0 Å². The van der Waals surface area contributed by atoms with Crippen LogP contribution in [0.2, 0.25) is 0 Å². The molecule has 0 saturated carbocycles. The lowest BCUT2D eigenvalue weighted by Gasteiger charge is -2.22. The minimum atomic E-state index is 0. The lowest BCUT2D eigenvalue weighted by atomic mass is 9.94. The molecule has 1 saturated heterocycles. The summed E-state index contributed by atoms with van der Waals surface area (Å²) in [7, 11) is 3.17. The number of nitrogens with one attached hydrogen (secondary N) is 2. The Morgan fingerprint density at radius 1 is 1.24 bits per heavy atom. The van der Waals surface area contributed by atoms with E-state index in [-0.39, 0.29) is 18.3 Å². The highest BCUT2D eigenvalue weighted by atomic mass is 35.5. The Morgan fingerprint density at radius 3 is 2.52 bits per heavy atom. The van der Waals surface area contributed by atoms with Gasteiger partial charge < -0.3 is 20.1 Å². The first-order valence-corrected chi connectivity index (χ1v) is 6.95. The van der Waals surface area contributed by atoms with Crippen LogP contribution in [0.4, 0.5) is 5.69 Å². The predicted molar refractivity (Wildman–Crippen MR) is 85.6 cm³/mol. The number of carbonyl (C=O) groups is 1. The van der Waals surface area contributed by atoms with Gasteiger partial charge in [0.05, 0.1) is 14.2 Å². The summed E-state index contributed by atoms with van der Waals surface area (Å²) in [5.41, 5.74) is 0.738. The quantitative estimate of drug-likeness (QED) is 0.876. The number of ether oxygens (including phenoxy) is 2. The second-order valence-electron chi connectivity index (χ2n) is 5.02. The van der Waals surface area contributed by atoms with Crippen molar-refractivity contribution in [3.05, 3.63) is 18.2 Å². The van der Waals surface area contributed by atoms with Gasteiger partial charge in [-0.05, 0) is 44.0 Å². The van der Waals surface area contributed by atoms with Crippen LogP contribution in [0.5, 0.6) is 11.5 Å². The maximum absolute atomic E-state index is 12.0. The fourth-order valence-corrected chi connectivity index (χ4v) is 2.47. The third-order valence-electron chi connectivity index (χ3n) is 3.60. The smallest absolute Gasteiger partial charge is 0.224 e. The standard InChI is InChI=1S/C15H22N2O3.ClH/c1-19-13-4-3-12(10-14(13)20-2)17-15(18)9-11-5-7-16-8-6-11;/h3-4,10-11,16H,5-9H2,1-2H3,(H,17,18);1H. The molecule has 118 valence electrons. The first kappa shape index (κ1) is 17.6. The molecule has 6 heteroatoms. The zero-order valence-corrected chi connectivity index (χ0v) is 13.3. The van der Waals surface area contributed by atoms with E-state index < -0.39 is 0 Å². The summed E-state index contributed by atoms with van der Waals surface area (Å²) in [6, 6.07) is 5.39. The number of carbonyl (C=O) groups excluding carboxylic acids is 1. The van der Waals surface area contributed by atoms with Crippen molar-refractivity contribution in [2.45, 2.75) is 19.3 Å². The van der Waals surface area contributed by atoms with E-state index in [1.165, 1.54) is 0 Å². The van der Waals surface area contributed by atoms with Gasteiger partial charge in [-0.2, -0.15) is 0 Å². The Balaban J connectivity index is 0.00000220. The van der Waals surface area contributed by atoms with Crippen LogP contribution in [0.15, 0.2) is 18.2 Å². The molecular formula is C15H23ClN2O3. The summed E-state index contributed by atoms with van der Waals surface area (Å²) in [6.07, 6.45) is 2.72. The third-order valence-corrected chi connectivity index (χ3v) is 3.60. The molecule has 0 unspecified atom stereocenters. The van der Waals surface area contributed by atoms with E-state index in [1.54, 1.807) is 26.4 Å². The molecule has 1 aromatic carbocycles. The highest BCUT2D eigenvalue weighted by Crippen LogP contribution is 2.30. The lowest BCUT2D eigenvalue weighted by molar-refractivity contribution is -0.117. The molecule has 0 aliphatic carbocycles. The largest absolute Gasteiger partial charge is 0.493 e. The molecule has 0 atom stereocenters. The number of amides is 1. The van der Waals surface area contributed by atoms with Gasteiger partial charge in [-0.15, -0.1) is 12.4 Å². The van der Waals surface area contributed by atoms with E-state index >= 15 is 0 Å². The number of anilines is 1. The summed E-state index contributed by atoms with van der Waals surface area (Å²) in [5.74, 6) is 1.82. The molecule has 0 radical (unpaired) electrons. The molecule has 0 spiro atoms. The molecule has 0 bridgehead atoms. The van der Waals surface area contributed by atoms with E-state index in [9.17, 15) is 4.79 Å². The van der Waals surface area contributed by atoms with Crippen molar-refractivity contribution in [1.82, 2.24) is 5.32 Å². The van der Waals surface area contributed by atoms with Crippen LogP contribution in [-0.4, -0.2) is 33.2 Å². The SMILES string of the molecule is COc1ccc(NC(=O)CC2CCNCC2)cc1OC.Cl. The first-order valence-electron chi connectivity index (χ1n) is 6.95. The summed E-state index contributed by atoms with van der Waals surface area (Å²) >= 11 is 0. The number of hydrogen-bond acceptors (Lipinski definition) is 4. The molecule has 1 heterocycles. The monoisotopic (exact) mass is 314 g/mol. The zero-order valence-electron chi connectivity index (χ0n) is 12.5. The Morgan fingerprint density at radius 2 is 1.90 bits per heavy atom. The highest BCUT2D eigenvalue weighted by Gasteiger charge is 2.17. The Hall–Kier alpha value is -1.46. The fraction of sp³-hybridized carbons (Fsp3) is 0.533. The van der Waals surface area contributed by atoms with Gasteiger partial charge in [-0.25, -0.2) is 0 Å². The second-order valence-corrected chi connectivity index (χ2v) is 5.02. The van der Waals surface area contributed by atoms with Crippen LogP contribution in [0.1, 0.15) is 19.3 Å². The van der Waals surface area contributed by atoms with Gasteiger partial charge in [-0.3, -0.25) is 4.79 Å². The Labute approximate surface area is 131 Å². The van der Waals surface area contributed by atoms with Gasteiger partial charge in [-0.1, -0.05) is 0 Å². The number of methoxy groups -OCH3 is 2. The van der Waals surface area contributed by atoms with Crippen LogP contribution in [0, 0.1) is 5.92 Å². The van der Waals surface area contributed by atoms with Crippen molar-refractivity contribution in [3.8, 4) is 11.5 Å². The van der Waals surface area contributed by atoms with Gasteiger partial charge >= 0.3 is 0 Å². The van der Waals surface area contributed by atoms with E-state index in [1.807, 2.05) is 6.07 Å². The minimum Gasteiger partial charge on any atom is -0.493 e. The van der Waals surface area contributed by atoms with E-state index in [0.717, 1.165) is 31.6 Å². The molecule has 0 aromatic heterocycles. The average molecular weight is 315 g/mol. The molecule has 2 rings (SSSR count). The van der Waals surface area contributed by atoms with Gasteiger partial charge in [0.15, 0.2) is 11.5 Å². The minimum absolute atomic E-state index is 0. The topological polar surface area (TPSA) is 59.6 Å². The number of piperidine rings is 1. The molecule has 1 aliphatic heterocycles. The molecule has 21 heavy (non-hydrogen) atoms. The summed E-state index contributed by atoms with van der Waals surface area (Å²) in [6.45, 7) is 2.02. The predicted octanol–water partition coefficient (Wildman–Crippen LogP) is 2.45. The van der Waals surface area contributed by atoms with E-state index in [0.29, 0.717) is 23.8 Å². The van der Waals surface area contributed by atoms with Crippen molar-refractivity contribution >= 4 is 24.0 Å². The van der Waals surface area contributed by atoms with Crippen molar-refractivity contribution in [2.75, 3.05) is 32.6 Å². The van der Waals surface area contributed by atoms with Gasteiger partial charge in [0.1, 0.15) is 0 Å². The lowest BCUT2D eigenvalue weighted by Crippen LogP contribution is -2.30. The number of benzene rings is 1. The van der Waals surface area contributed by atoms with Crippen LogP contribution in [0.25, 0.3) is 0 Å². The van der Waals surface area contributed by atoms with Crippen LogP contribution in [0.3, 0.4) is 0 Å². The number of halogens is 1. The zero-order chi connectivity index (χ0) is 14.4. The van der Waals surface area contributed by atoms with Crippen LogP contribution >= 0.6 is 12.4 Å². The van der Waals surface area contributed by atoms with Gasteiger partial charge in [0.25, 0.3) is 0 Å². The number of rotatable bonds is 5. The van der Waals surface area contributed by atoms with Gasteiger partial charge in [0.2, 0.25) is 5.91 Å². The molecular weight excluding hydrogens is 292 g/mol. The summed E-state index contributed by atoms with van der Waals surface area (Å²) in [4.78, 5) is 12.0. The third kappa shape index (κ3) is 5.10. The molecule has 2 N–H and O–H groups in total. The number of hydrogen-bond donors (Lipinski definition) is 2. The maximum Gasteiger partial charge on any atom is 0.224 e. The van der Waals surface area contributed by atoms with Crippen LogP contribution in [-0.2, 0) is 4.79 Å². The fourth-order valence-electron chi connectivity index (χ4n) is 2.47. The second kappa shape index (κ2) is 8.74. The van der Waals surface area contributed by atoms with Crippen molar-refractivity contribution in [2.24, 2.45) is 5.92 Å². The molecule has 1 amide bonds. The van der Waals surface area contributed by atoms with Crippen molar-refractivity contribution < 1.29 is 14.3 Å². The van der Waals surface area contributed by atoms with Gasteiger partial charge in [0, 0.05) is 18.2 Å². The molecule has 1 aliphatic rings. The van der Waals surface area contributed by atoms with Crippen LogP contribution < -0.4 is 20.1 Å². The van der Waals surface area contributed by atoms with Crippen molar-refractivity contribution in [1.29, 1.82) is 0 Å². The maximum atomic E-state index is 12.0. The Kier molecular flexibility index (Phi) is 7.32. The average Bonchev–Trinajstić information content (AvgIpc) is 2.48. The highest BCUT2D eigenvalue weighted by molar-refractivity contribution is 5.91. The molecule has 1 fully saturated rings. The first-order chi connectivity index (χ1) is 9.72. The van der Waals surface area contributed by atoms with E-state index in [4.69, 9.17) is 9.47 Å². The van der Waals surface area contributed by atoms with E-state index in [2.05, 4.69) is 10.6 Å². The molecule has 1 aromatic rings. The summed E-state index contributed by atoms with van der Waals surface area (Å²) < 4.78 is 10.4. The summed E-state index contributed by atoms with van der Waals surface area (Å²) in [5, 5.41) is 6.22. The molecule has 5 nitrogen and oxygen atoms in total.